The van der Waals surface area contributed by atoms with E-state index in [0.29, 0.717) is 12.2 Å². The van der Waals surface area contributed by atoms with Gasteiger partial charge in [-0.15, -0.1) is 0 Å². The molecule has 1 fully saturated rings. The van der Waals surface area contributed by atoms with Gasteiger partial charge in [-0.2, -0.15) is 0 Å². The number of pyridine rings is 1. The molecule has 3 rings (SSSR count). The third kappa shape index (κ3) is 4.06. The zero-order valence-corrected chi connectivity index (χ0v) is 16.6. The van der Waals surface area contributed by atoms with Gasteiger partial charge in [0, 0.05) is 32.5 Å². The standard InChI is InChI=1S/C21H23N3O5/c1-22-20(27)21(9-14-5-4-6-17(7-14)28-2)12-24(13-21)18(25)15-8-16(11-23-10-15)19(26)29-3/h4-8,10-11H,9,12-13H2,1-3H3,(H,22,27). The summed E-state index contributed by atoms with van der Waals surface area (Å²) in [7, 11) is 4.44. The number of carbonyl (C=O) groups excluding carboxylic acids is 3. The number of nitrogens with zero attached hydrogens (tertiary/aromatic N) is 2. The first-order valence-corrected chi connectivity index (χ1v) is 9.10. The van der Waals surface area contributed by atoms with Crippen molar-refractivity contribution in [1.82, 2.24) is 15.2 Å². The van der Waals surface area contributed by atoms with Crippen LogP contribution in [0, 0.1) is 5.41 Å². The molecule has 0 saturated carbocycles. The molecule has 1 saturated heterocycles. The molecular weight excluding hydrogens is 374 g/mol. The minimum Gasteiger partial charge on any atom is -0.497 e. The summed E-state index contributed by atoms with van der Waals surface area (Å²) in [6, 6.07) is 8.98. The van der Waals surface area contributed by atoms with Crippen LogP contribution in [0.4, 0.5) is 0 Å². The monoisotopic (exact) mass is 397 g/mol. The Kier molecular flexibility index (Phi) is 5.81. The van der Waals surface area contributed by atoms with E-state index in [1.165, 1.54) is 25.6 Å². The molecule has 152 valence electrons. The highest BCUT2D eigenvalue weighted by molar-refractivity contribution is 5.99. The lowest BCUT2D eigenvalue weighted by Crippen LogP contribution is -2.65. The summed E-state index contributed by atoms with van der Waals surface area (Å²) >= 11 is 0. The number of amides is 2. The van der Waals surface area contributed by atoms with Crippen LogP contribution in [0.3, 0.4) is 0 Å². The highest BCUT2D eigenvalue weighted by Crippen LogP contribution is 2.36. The molecule has 0 atom stereocenters. The first kappa shape index (κ1) is 20.3. The van der Waals surface area contributed by atoms with Gasteiger partial charge in [0.1, 0.15) is 5.75 Å². The predicted molar refractivity (Wildman–Crippen MR) is 105 cm³/mol. The summed E-state index contributed by atoms with van der Waals surface area (Å²) in [5.41, 5.74) is 0.714. The highest BCUT2D eigenvalue weighted by atomic mass is 16.5. The minimum absolute atomic E-state index is 0.120. The zero-order valence-electron chi connectivity index (χ0n) is 16.6. The van der Waals surface area contributed by atoms with Crippen LogP contribution in [0.15, 0.2) is 42.7 Å². The third-order valence-corrected chi connectivity index (χ3v) is 5.07. The number of hydrogen-bond acceptors (Lipinski definition) is 6. The molecule has 0 aliphatic carbocycles. The molecule has 2 aromatic rings. The Bertz CT molecular complexity index is 937. The third-order valence-electron chi connectivity index (χ3n) is 5.07. The van der Waals surface area contributed by atoms with Crippen molar-refractivity contribution in [2.45, 2.75) is 6.42 Å². The van der Waals surface area contributed by atoms with Gasteiger partial charge in [0.05, 0.1) is 30.8 Å². The number of benzene rings is 1. The van der Waals surface area contributed by atoms with E-state index < -0.39 is 11.4 Å². The van der Waals surface area contributed by atoms with Crippen LogP contribution in [0.25, 0.3) is 0 Å². The van der Waals surface area contributed by atoms with E-state index in [4.69, 9.17) is 4.74 Å². The molecule has 0 bridgehead atoms. The molecule has 1 aliphatic heterocycles. The van der Waals surface area contributed by atoms with E-state index in [-0.39, 0.29) is 36.0 Å². The van der Waals surface area contributed by atoms with Crippen molar-refractivity contribution < 1.29 is 23.9 Å². The van der Waals surface area contributed by atoms with Crippen molar-refractivity contribution in [3.63, 3.8) is 0 Å². The molecule has 8 nitrogen and oxygen atoms in total. The number of aromatic nitrogens is 1. The smallest absolute Gasteiger partial charge is 0.339 e. The number of esters is 1. The molecule has 2 heterocycles. The van der Waals surface area contributed by atoms with Crippen LogP contribution in [0.5, 0.6) is 5.75 Å². The Hall–Kier alpha value is -3.42. The van der Waals surface area contributed by atoms with Gasteiger partial charge in [-0.25, -0.2) is 4.79 Å². The van der Waals surface area contributed by atoms with Crippen molar-refractivity contribution in [3.05, 3.63) is 59.4 Å². The van der Waals surface area contributed by atoms with Gasteiger partial charge in [-0.1, -0.05) is 12.1 Å². The average molecular weight is 397 g/mol. The summed E-state index contributed by atoms with van der Waals surface area (Å²) < 4.78 is 9.92. The summed E-state index contributed by atoms with van der Waals surface area (Å²) in [6.07, 6.45) is 3.22. The van der Waals surface area contributed by atoms with Crippen LogP contribution in [-0.2, 0) is 16.0 Å². The molecular formula is C21H23N3O5. The maximum absolute atomic E-state index is 12.8. The fraction of sp³-hybridized carbons (Fsp3) is 0.333. The Morgan fingerprint density at radius 1 is 1.14 bits per heavy atom. The normalized spacial score (nSPS) is 14.5. The fourth-order valence-electron chi connectivity index (χ4n) is 3.57. The lowest BCUT2D eigenvalue weighted by molar-refractivity contribution is -0.138. The second-order valence-corrected chi connectivity index (χ2v) is 7.00. The van der Waals surface area contributed by atoms with Crippen molar-refractivity contribution in [3.8, 4) is 5.75 Å². The van der Waals surface area contributed by atoms with Crippen molar-refractivity contribution in [2.75, 3.05) is 34.4 Å². The molecule has 0 radical (unpaired) electrons. The van der Waals surface area contributed by atoms with Crippen molar-refractivity contribution >= 4 is 17.8 Å². The second kappa shape index (κ2) is 8.30. The van der Waals surface area contributed by atoms with Crippen LogP contribution >= 0.6 is 0 Å². The first-order chi connectivity index (χ1) is 13.9. The van der Waals surface area contributed by atoms with Gasteiger partial charge >= 0.3 is 5.97 Å². The van der Waals surface area contributed by atoms with Crippen LogP contribution in [0.2, 0.25) is 0 Å². The summed E-state index contributed by atoms with van der Waals surface area (Å²) in [4.78, 5) is 42.6. The molecule has 29 heavy (non-hydrogen) atoms. The van der Waals surface area contributed by atoms with E-state index in [1.807, 2.05) is 24.3 Å². The second-order valence-electron chi connectivity index (χ2n) is 7.00. The Morgan fingerprint density at radius 3 is 2.52 bits per heavy atom. The molecule has 1 aromatic heterocycles. The first-order valence-electron chi connectivity index (χ1n) is 9.10. The topological polar surface area (TPSA) is 97.8 Å². The van der Waals surface area contributed by atoms with E-state index in [9.17, 15) is 14.4 Å². The number of methoxy groups -OCH3 is 2. The predicted octanol–water partition coefficient (Wildman–Crippen LogP) is 1.31. The van der Waals surface area contributed by atoms with Gasteiger partial charge in [-0.3, -0.25) is 14.6 Å². The summed E-state index contributed by atoms with van der Waals surface area (Å²) in [6.45, 7) is 0.538. The molecule has 0 unspecified atom stereocenters. The Balaban J connectivity index is 1.77. The average Bonchev–Trinajstić information content (AvgIpc) is 2.74. The van der Waals surface area contributed by atoms with Gasteiger partial charge < -0.3 is 19.7 Å². The lowest BCUT2D eigenvalue weighted by atomic mass is 9.73. The Morgan fingerprint density at radius 2 is 1.86 bits per heavy atom. The van der Waals surface area contributed by atoms with E-state index in [0.717, 1.165) is 5.56 Å². The number of likely N-dealkylation sites (tertiary alicyclic amines) is 1. The maximum Gasteiger partial charge on any atom is 0.339 e. The van der Waals surface area contributed by atoms with Crippen molar-refractivity contribution in [2.24, 2.45) is 5.41 Å². The number of nitrogens with one attached hydrogen (secondary N) is 1. The van der Waals surface area contributed by atoms with Crippen LogP contribution in [0.1, 0.15) is 26.3 Å². The van der Waals surface area contributed by atoms with Gasteiger partial charge in [0.15, 0.2) is 0 Å². The molecule has 2 amide bonds. The molecule has 1 aromatic carbocycles. The summed E-state index contributed by atoms with van der Waals surface area (Å²) in [5.74, 6) is -0.250. The van der Waals surface area contributed by atoms with E-state index in [1.54, 1.807) is 19.1 Å². The van der Waals surface area contributed by atoms with E-state index >= 15 is 0 Å². The number of ether oxygens (including phenoxy) is 2. The molecule has 8 heteroatoms. The SMILES string of the molecule is CNC(=O)C1(Cc2cccc(OC)c2)CN(C(=O)c2cncc(C(=O)OC)c2)C1. The number of rotatable bonds is 6. The number of hydrogen-bond donors (Lipinski definition) is 1. The maximum atomic E-state index is 12.8. The molecule has 1 N–H and O–H groups in total. The zero-order chi connectivity index (χ0) is 21.0. The lowest BCUT2D eigenvalue weighted by Gasteiger charge is -2.48. The largest absolute Gasteiger partial charge is 0.497 e. The number of carbonyl (C=O) groups is 3. The molecule has 1 aliphatic rings. The minimum atomic E-state index is -0.718. The molecule has 0 spiro atoms. The Labute approximate surface area is 168 Å². The van der Waals surface area contributed by atoms with Gasteiger partial charge in [0.25, 0.3) is 5.91 Å². The van der Waals surface area contributed by atoms with Gasteiger partial charge in [-0.05, 0) is 30.2 Å². The summed E-state index contributed by atoms with van der Waals surface area (Å²) in [5, 5.41) is 2.71. The van der Waals surface area contributed by atoms with Crippen molar-refractivity contribution in [1.29, 1.82) is 0 Å². The van der Waals surface area contributed by atoms with Crippen LogP contribution < -0.4 is 10.1 Å². The highest BCUT2D eigenvalue weighted by Gasteiger charge is 2.50. The van der Waals surface area contributed by atoms with Crippen LogP contribution in [-0.4, -0.2) is 62.0 Å². The fourth-order valence-corrected chi connectivity index (χ4v) is 3.57. The van der Waals surface area contributed by atoms with Gasteiger partial charge in [0.2, 0.25) is 5.91 Å². The quantitative estimate of drug-likeness (QED) is 0.738. The van der Waals surface area contributed by atoms with E-state index in [2.05, 4.69) is 15.0 Å².